The zero-order valence-electron chi connectivity index (χ0n) is 16.7. The highest BCUT2D eigenvalue weighted by atomic mass is 16.5. The van der Waals surface area contributed by atoms with Gasteiger partial charge in [0.1, 0.15) is 17.7 Å². The Morgan fingerprint density at radius 2 is 1.96 bits per heavy atom. The van der Waals surface area contributed by atoms with Crippen molar-refractivity contribution in [2.24, 2.45) is 0 Å². The Morgan fingerprint density at radius 1 is 1.25 bits per heavy atom. The summed E-state index contributed by atoms with van der Waals surface area (Å²) in [7, 11) is 0. The first-order valence-electron chi connectivity index (χ1n) is 9.47. The van der Waals surface area contributed by atoms with Gasteiger partial charge in [-0.15, -0.1) is 0 Å². The highest BCUT2D eigenvalue weighted by Crippen LogP contribution is 2.22. The summed E-state index contributed by atoms with van der Waals surface area (Å²) in [5.41, 5.74) is 0.903. The molecule has 3 atom stereocenters. The molecule has 1 aliphatic rings. The number of hydrogen-bond acceptors (Lipinski definition) is 7. The molecular weight excluding hydrogens is 358 g/mol. The third-order valence-corrected chi connectivity index (χ3v) is 4.81. The lowest BCUT2D eigenvalue weighted by Gasteiger charge is -2.44. The third-order valence-electron chi connectivity index (χ3n) is 4.81. The molecule has 0 unspecified atom stereocenters. The van der Waals surface area contributed by atoms with Gasteiger partial charge in [0.25, 0.3) is 5.91 Å². The minimum Gasteiger partial charge on any atom is -0.482 e. The van der Waals surface area contributed by atoms with E-state index in [-0.39, 0.29) is 24.6 Å². The number of amides is 1. The minimum atomic E-state index is -0.717. The lowest BCUT2D eigenvalue weighted by atomic mass is 10.1. The molecule has 1 saturated heterocycles. The van der Waals surface area contributed by atoms with Gasteiger partial charge in [-0.25, -0.2) is 9.97 Å². The van der Waals surface area contributed by atoms with E-state index in [9.17, 15) is 9.90 Å². The summed E-state index contributed by atoms with van der Waals surface area (Å²) < 4.78 is 5.61. The fourth-order valence-electron chi connectivity index (χ4n) is 3.50. The van der Waals surface area contributed by atoms with Gasteiger partial charge < -0.3 is 19.6 Å². The number of hydrogen-bond donors (Lipinski definition) is 1. The van der Waals surface area contributed by atoms with Crippen molar-refractivity contribution in [3.8, 4) is 5.75 Å². The maximum atomic E-state index is 12.7. The van der Waals surface area contributed by atoms with E-state index in [0.29, 0.717) is 24.7 Å². The third kappa shape index (κ3) is 4.56. The number of carbonyl (C=O) groups is 1. The number of piperazine rings is 1. The number of carbonyl (C=O) groups excluding carboxylic acids is 1. The largest absolute Gasteiger partial charge is 0.482 e. The topological polar surface area (TPSA) is 91.7 Å². The van der Waals surface area contributed by atoms with Crippen LogP contribution in [0.3, 0.4) is 0 Å². The average Bonchev–Trinajstić information content (AvgIpc) is 2.67. The van der Waals surface area contributed by atoms with Crippen LogP contribution in [-0.4, -0.2) is 62.6 Å². The molecule has 0 aliphatic carbocycles. The quantitative estimate of drug-likeness (QED) is 0.838. The van der Waals surface area contributed by atoms with Crippen LogP contribution in [0.25, 0.3) is 0 Å². The van der Waals surface area contributed by atoms with Gasteiger partial charge in [0.05, 0.1) is 6.20 Å². The molecule has 1 aliphatic heterocycles. The molecule has 3 heterocycles. The molecule has 0 bridgehead atoms. The van der Waals surface area contributed by atoms with Crippen molar-refractivity contribution >= 4 is 11.7 Å². The Hall–Kier alpha value is -2.74. The van der Waals surface area contributed by atoms with Gasteiger partial charge in [0.15, 0.2) is 12.4 Å². The first-order chi connectivity index (χ1) is 13.3. The van der Waals surface area contributed by atoms with Crippen LogP contribution in [0.5, 0.6) is 5.75 Å². The SMILES string of the molecule is Cc1ccc(OCC(=O)N2[C@H](C)CN(c3ccnc([C@@H](C)O)n3)C[C@@H]2C)cn1. The lowest BCUT2D eigenvalue weighted by Crippen LogP contribution is -2.59. The van der Waals surface area contributed by atoms with E-state index in [1.165, 1.54) is 0 Å². The predicted molar refractivity (Wildman–Crippen MR) is 105 cm³/mol. The summed E-state index contributed by atoms with van der Waals surface area (Å²) in [6, 6.07) is 5.50. The lowest BCUT2D eigenvalue weighted by molar-refractivity contribution is -0.138. The summed E-state index contributed by atoms with van der Waals surface area (Å²) >= 11 is 0. The number of aliphatic hydroxyl groups excluding tert-OH is 1. The van der Waals surface area contributed by atoms with Gasteiger partial charge in [-0.1, -0.05) is 0 Å². The monoisotopic (exact) mass is 385 g/mol. The van der Waals surface area contributed by atoms with Crippen LogP contribution < -0.4 is 9.64 Å². The number of ether oxygens (including phenoxy) is 1. The summed E-state index contributed by atoms with van der Waals surface area (Å²) in [5.74, 6) is 1.70. The molecule has 1 amide bonds. The molecule has 1 N–H and O–H groups in total. The highest BCUT2D eigenvalue weighted by Gasteiger charge is 2.33. The number of aliphatic hydroxyl groups is 1. The molecule has 8 heteroatoms. The van der Waals surface area contributed by atoms with Crippen LogP contribution in [0.4, 0.5) is 5.82 Å². The van der Waals surface area contributed by atoms with Crippen molar-refractivity contribution in [2.75, 3.05) is 24.6 Å². The van der Waals surface area contributed by atoms with Crippen LogP contribution in [-0.2, 0) is 4.79 Å². The van der Waals surface area contributed by atoms with Crippen molar-refractivity contribution in [3.05, 3.63) is 42.1 Å². The molecule has 0 saturated carbocycles. The van der Waals surface area contributed by atoms with Gasteiger partial charge in [-0.2, -0.15) is 0 Å². The zero-order chi connectivity index (χ0) is 20.3. The van der Waals surface area contributed by atoms with Crippen molar-refractivity contribution < 1.29 is 14.6 Å². The standard InChI is InChI=1S/C20H27N5O3/c1-13-5-6-17(9-22-13)28-12-19(27)25-14(2)10-24(11-15(25)3)18-7-8-21-20(23-18)16(4)26/h5-9,14-16,26H,10-12H2,1-4H3/t14-,15+,16-/m1/s1. The van der Waals surface area contributed by atoms with Gasteiger partial charge in [0.2, 0.25) is 0 Å². The second-order valence-electron chi connectivity index (χ2n) is 7.28. The first-order valence-corrected chi connectivity index (χ1v) is 9.47. The Labute approximate surface area is 165 Å². The number of aryl methyl sites for hydroxylation is 1. The van der Waals surface area contributed by atoms with E-state index in [1.54, 1.807) is 19.3 Å². The molecule has 0 aromatic carbocycles. The maximum absolute atomic E-state index is 12.7. The number of rotatable bonds is 5. The fourth-order valence-corrected chi connectivity index (χ4v) is 3.50. The summed E-state index contributed by atoms with van der Waals surface area (Å²) in [4.78, 5) is 29.5. The van der Waals surface area contributed by atoms with Gasteiger partial charge >= 0.3 is 0 Å². The molecule has 2 aromatic heterocycles. The van der Waals surface area contributed by atoms with Gasteiger partial charge in [-0.05, 0) is 45.9 Å². The number of nitrogens with zero attached hydrogens (tertiary/aromatic N) is 5. The van der Waals surface area contributed by atoms with Crippen LogP contribution in [0, 0.1) is 6.92 Å². The number of aromatic nitrogens is 3. The predicted octanol–water partition coefficient (Wildman–Crippen LogP) is 1.74. The molecule has 28 heavy (non-hydrogen) atoms. The Balaban J connectivity index is 1.63. The van der Waals surface area contributed by atoms with Gasteiger partial charge in [0, 0.05) is 37.1 Å². The Bertz CT molecular complexity index is 800. The van der Waals surface area contributed by atoms with Gasteiger partial charge in [-0.3, -0.25) is 9.78 Å². The van der Waals surface area contributed by atoms with Crippen molar-refractivity contribution in [1.82, 2.24) is 19.9 Å². The van der Waals surface area contributed by atoms with E-state index in [0.717, 1.165) is 11.5 Å². The van der Waals surface area contributed by atoms with Crippen molar-refractivity contribution in [2.45, 2.75) is 45.9 Å². The van der Waals surface area contributed by atoms with E-state index in [1.807, 2.05) is 43.9 Å². The second kappa shape index (κ2) is 8.52. The van der Waals surface area contributed by atoms with E-state index >= 15 is 0 Å². The van der Waals surface area contributed by atoms with E-state index < -0.39 is 6.10 Å². The van der Waals surface area contributed by atoms with Crippen LogP contribution in [0.1, 0.15) is 38.4 Å². The molecule has 150 valence electrons. The molecule has 0 spiro atoms. The maximum Gasteiger partial charge on any atom is 0.261 e. The fraction of sp³-hybridized carbons (Fsp3) is 0.500. The zero-order valence-corrected chi connectivity index (χ0v) is 16.7. The Kier molecular flexibility index (Phi) is 6.08. The number of anilines is 1. The smallest absolute Gasteiger partial charge is 0.261 e. The normalized spacial score (nSPS) is 20.8. The second-order valence-corrected chi connectivity index (χ2v) is 7.28. The molecule has 2 aromatic rings. The van der Waals surface area contributed by atoms with Crippen LogP contribution >= 0.6 is 0 Å². The first kappa shape index (κ1) is 20.0. The highest BCUT2D eigenvalue weighted by molar-refractivity contribution is 5.78. The number of pyridine rings is 1. The molecular formula is C20H27N5O3. The van der Waals surface area contributed by atoms with Crippen LogP contribution in [0.2, 0.25) is 0 Å². The molecule has 0 radical (unpaired) electrons. The summed E-state index contributed by atoms with van der Waals surface area (Å²) in [6.45, 7) is 8.87. The summed E-state index contributed by atoms with van der Waals surface area (Å²) in [6.07, 6.45) is 2.56. The van der Waals surface area contributed by atoms with E-state index in [2.05, 4.69) is 19.9 Å². The molecule has 3 rings (SSSR count). The average molecular weight is 385 g/mol. The summed E-state index contributed by atoms with van der Waals surface area (Å²) in [5, 5.41) is 9.72. The molecule has 8 nitrogen and oxygen atoms in total. The Morgan fingerprint density at radius 3 is 2.57 bits per heavy atom. The van der Waals surface area contributed by atoms with E-state index in [4.69, 9.17) is 4.74 Å². The van der Waals surface area contributed by atoms with Crippen molar-refractivity contribution in [3.63, 3.8) is 0 Å². The molecule has 1 fully saturated rings. The van der Waals surface area contributed by atoms with Crippen LogP contribution in [0.15, 0.2) is 30.6 Å². The van der Waals surface area contributed by atoms with Crippen molar-refractivity contribution in [1.29, 1.82) is 0 Å². The minimum absolute atomic E-state index is 0.000887.